The van der Waals surface area contributed by atoms with Gasteiger partial charge in [0.1, 0.15) is 17.5 Å². The van der Waals surface area contributed by atoms with Gasteiger partial charge in [0.15, 0.2) is 0 Å². The normalized spacial score (nSPS) is 20.1. The van der Waals surface area contributed by atoms with Crippen LogP contribution in [0.5, 0.6) is 0 Å². The fraction of sp³-hybridized carbons (Fsp3) is 0.733. The first-order chi connectivity index (χ1) is 9.38. The molecule has 0 radical (unpaired) electrons. The van der Waals surface area contributed by atoms with Gasteiger partial charge in [-0.3, -0.25) is 0 Å². The minimum atomic E-state index is -0.0448. The van der Waals surface area contributed by atoms with Gasteiger partial charge in [-0.1, -0.05) is 20.8 Å². The summed E-state index contributed by atoms with van der Waals surface area (Å²) in [5.41, 5.74) is -0.0448. The minimum absolute atomic E-state index is 0.0448. The lowest BCUT2D eigenvalue weighted by atomic mass is 9.96. The van der Waals surface area contributed by atoms with Crippen molar-refractivity contribution in [2.75, 3.05) is 44.4 Å². The summed E-state index contributed by atoms with van der Waals surface area (Å²) in [6.45, 7) is 9.76. The number of hydrogen-bond acceptors (Lipinski definition) is 5. The highest BCUT2D eigenvalue weighted by atomic mass is 15.1. The lowest BCUT2D eigenvalue weighted by Crippen LogP contribution is -2.21. The zero-order valence-corrected chi connectivity index (χ0v) is 13.3. The first-order valence-electron chi connectivity index (χ1n) is 7.38. The molecule has 2 rings (SSSR count). The van der Waals surface area contributed by atoms with E-state index in [1.807, 2.05) is 13.1 Å². The first kappa shape index (κ1) is 15.0. The quantitative estimate of drug-likeness (QED) is 0.883. The van der Waals surface area contributed by atoms with Gasteiger partial charge in [0.25, 0.3) is 0 Å². The summed E-state index contributed by atoms with van der Waals surface area (Å²) >= 11 is 0. The number of rotatable bonds is 4. The average molecular weight is 277 g/mol. The van der Waals surface area contributed by atoms with Crippen LogP contribution in [0.1, 0.15) is 33.0 Å². The Hall–Kier alpha value is -1.36. The maximum absolute atomic E-state index is 4.66. The molecule has 112 valence electrons. The second-order valence-corrected chi connectivity index (χ2v) is 6.76. The van der Waals surface area contributed by atoms with Crippen molar-refractivity contribution >= 4 is 11.6 Å². The third-order valence-electron chi connectivity index (χ3n) is 3.71. The molecule has 1 saturated heterocycles. The monoisotopic (exact) mass is 277 g/mol. The van der Waals surface area contributed by atoms with Crippen molar-refractivity contribution in [3.63, 3.8) is 0 Å². The molecule has 0 bridgehead atoms. The fourth-order valence-electron chi connectivity index (χ4n) is 2.44. The van der Waals surface area contributed by atoms with Gasteiger partial charge in [0.2, 0.25) is 0 Å². The van der Waals surface area contributed by atoms with Crippen molar-refractivity contribution in [1.82, 2.24) is 14.9 Å². The average Bonchev–Trinajstić information content (AvgIpc) is 2.81. The number of nitrogens with zero attached hydrogens (tertiary/aromatic N) is 3. The van der Waals surface area contributed by atoms with E-state index in [0.717, 1.165) is 24.0 Å². The topological polar surface area (TPSA) is 53.1 Å². The highest BCUT2D eigenvalue weighted by Gasteiger charge is 2.21. The zero-order chi connectivity index (χ0) is 14.8. The van der Waals surface area contributed by atoms with E-state index in [9.17, 15) is 0 Å². The summed E-state index contributed by atoms with van der Waals surface area (Å²) in [6.07, 6.45) is 1.26. The van der Waals surface area contributed by atoms with Crippen LogP contribution in [0.25, 0.3) is 0 Å². The molecule has 1 aliphatic heterocycles. The predicted molar refractivity (Wildman–Crippen MR) is 84.4 cm³/mol. The van der Waals surface area contributed by atoms with Crippen molar-refractivity contribution in [3.05, 3.63) is 11.9 Å². The van der Waals surface area contributed by atoms with Gasteiger partial charge in [-0.2, -0.15) is 0 Å². The molecule has 5 heteroatoms. The molecule has 1 unspecified atom stereocenters. The summed E-state index contributed by atoms with van der Waals surface area (Å²) in [6, 6.07) is 1.98. The van der Waals surface area contributed by atoms with Crippen molar-refractivity contribution in [3.8, 4) is 0 Å². The van der Waals surface area contributed by atoms with Crippen LogP contribution in [0.4, 0.5) is 11.6 Å². The summed E-state index contributed by atoms with van der Waals surface area (Å²) in [4.78, 5) is 11.6. The zero-order valence-electron chi connectivity index (χ0n) is 13.3. The molecule has 2 N–H and O–H groups in total. The summed E-state index contributed by atoms with van der Waals surface area (Å²) < 4.78 is 0. The molecule has 0 amide bonds. The van der Waals surface area contributed by atoms with E-state index in [-0.39, 0.29) is 5.41 Å². The van der Waals surface area contributed by atoms with Gasteiger partial charge in [-0.15, -0.1) is 0 Å². The Bertz CT molecular complexity index is 452. The molecular formula is C15H27N5. The molecule has 0 spiro atoms. The van der Waals surface area contributed by atoms with Crippen LogP contribution in [0.3, 0.4) is 0 Å². The lowest BCUT2D eigenvalue weighted by Gasteiger charge is -2.19. The standard InChI is InChI=1S/C15H27N5/c1-15(2,3)14-18-12(16-4)8-13(19-14)17-9-11-6-7-20(5)10-11/h8,11H,6-7,9-10H2,1-5H3,(H2,16,17,18,19). The van der Waals surface area contributed by atoms with Crippen molar-refractivity contribution in [2.45, 2.75) is 32.6 Å². The Morgan fingerprint density at radius 2 is 2.00 bits per heavy atom. The van der Waals surface area contributed by atoms with Gasteiger partial charge in [-0.05, 0) is 25.9 Å². The van der Waals surface area contributed by atoms with E-state index in [4.69, 9.17) is 0 Å². The van der Waals surface area contributed by atoms with Crippen LogP contribution >= 0.6 is 0 Å². The predicted octanol–water partition coefficient (Wildman–Crippen LogP) is 2.18. The van der Waals surface area contributed by atoms with E-state index in [0.29, 0.717) is 5.92 Å². The van der Waals surface area contributed by atoms with Crippen LogP contribution in [0.2, 0.25) is 0 Å². The molecule has 1 aromatic rings. The highest BCUT2D eigenvalue weighted by molar-refractivity contribution is 5.47. The van der Waals surface area contributed by atoms with E-state index in [1.165, 1.54) is 19.5 Å². The molecule has 0 aromatic carbocycles. The number of likely N-dealkylation sites (tertiary alicyclic amines) is 1. The minimum Gasteiger partial charge on any atom is -0.373 e. The smallest absolute Gasteiger partial charge is 0.138 e. The van der Waals surface area contributed by atoms with Crippen LogP contribution in [-0.4, -0.2) is 48.6 Å². The molecular weight excluding hydrogens is 250 g/mol. The van der Waals surface area contributed by atoms with Gasteiger partial charge in [0, 0.05) is 31.6 Å². The lowest BCUT2D eigenvalue weighted by molar-refractivity contribution is 0.399. The third kappa shape index (κ3) is 3.82. The summed E-state index contributed by atoms with van der Waals surface area (Å²) in [7, 11) is 4.08. The van der Waals surface area contributed by atoms with Crippen molar-refractivity contribution in [1.29, 1.82) is 0 Å². The van der Waals surface area contributed by atoms with Gasteiger partial charge in [-0.25, -0.2) is 9.97 Å². The van der Waals surface area contributed by atoms with Crippen LogP contribution in [-0.2, 0) is 5.41 Å². The number of anilines is 2. The molecule has 1 aliphatic rings. The third-order valence-corrected chi connectivity index (χ3v) is 3.71. The number of aromatic nitrogens is 2. The molecule has 1 atom stereocenters. The molecule has 1 aromatic heterocycles. The van der Waals surface area contributed by atoms with Gasteiger partial charge in [0.05, 0.1) is 0 Å². The van der Waals surface area contributed by atoms with E-state index in [1.54, 1.807) is 0 Å². The number of hydrogen-bond donors (Lipinski definition) is 2. The van der Waals surface area contributed by atoms with E-state index < -0.39 is 0 Å². The first-order valence-corrected chi connectivity index (χ1v) is 7.38. The summed E-state index contributed by atoms with van der Waals surface area (Å²) in [5, 5.41) is 6.59. The molecule has 1 fully saturated rings. The fourth-order valence-corrected chi connectivity index (χ4v) is 2.44. The van der Waals surface area contributed by atoms with Crippen molar-refractivity contribution < 1.29 is 0 Å². The van der Waals surface area contributed by atoms with Crippen molar-refractivity contribution in [2.24, 2.45) is 5.92 Å². The Kier molecular flexibility index (Phi) is 4.48. The SMILES string of the molecule is CNc1cc(NCC2CCN(C)C2)nc(C(C)(C)C)n1. The Balaban J connectivity index is 2.07. The Labute approximate surface area is 122 Å². The maximum atomic E-state index is 4.66. The molecule has 20 heavy (non-hydrogen) atoms. The highest BCUT2D eigenvalue weighted by Crippen LogP contribution is 2.22. The molecule has 2 heterocycles. The van der Waals surface area contributed by atoms with Crippen LogP contribution in [0.15, 0.2) is 6.07 Å². The van der Waals surface area contributed by atoms with E-state index >= 15 is 0 Å². The molecule has 0 saturated carbocycles. The number of nitrogens with one attached hydrogen (secondary N) is 2. The Morgan fingerprint density at radius 3 is 2.55 bits per heavy atom. The van der Waals surface area contributed by atoms with Gasteiger partial charge < -0.3 is 15.5 Å². The van der Waals surface area contributed by atoms with Gasteiger partial charge >= 0.3 is 0 Å². The Morgan fingerprint density at radius 1 is 1.30 bits per heavy atom. The molecule has 0 aliphatic carbocycles. The summed E-state index contributed by atoms with van der Waals surface area (Å²) in [5.74, 6) is 3.38. The molecule has 5 nitrogen and oxygen atoms in total. The van der Waals surface area contributed by atoms with E-state index in [2.05, 4.69) is 53.3 Å². The van der Waals surface area contributed by atoms with Crippen LogP contribution in [0, 0.1) is 5.92 Å². The maximum Gasteiger partial charge on any atom is 0.138 e. The van der Waals surface area contributed by atoms with Crippen LogP contribution < -0.4 is 10.6 Å². The second-order valence-electron chi connectivity index (χ2n) is 6.76. The largest absolute Gasteiger partial charge is 0.373 e. The second kappa shape index (κ2) is 5.95.